The van der Waals surface area contributed by atoms with Crippen LogP contribution in [0.25, 0.3) is 10.7 Å². The van der Waals surface area contributed by atoms with Gasteiger partial charge < -0.3 is 14.7 Å². The lowest BCUT2D eigenvalue weighted by Crippen LogP contribution is -2.43. The Morgan fingerprint density at radius 2 is 2.10 bits per heavy atom. The fraction of sp³-hybridized carbons (Fsp3) is 0.696. The van der Waals surface area contributed by atoms with Gasteiger partial charge in [-0.1, -0.05) is 25.1 Å². The Morgan fingerprint density at radius 1 is 1.26 bits per heavy atom. The van der Waals surface area contributed by atoms with Crippen molar-refractivity contribution in [2.75, 3.05) is 39.3 Å². The summed E-state index contributed by atoms with van der Waals surface area (Å²) >= 11 is 1.60. The molecule has 4 heterocycles. The van der Waals surface area contributed by atoms with Crippen LogP contribution in [0.4, 0.5) is 0 Å². The van der Waals surface area contributed by atoms with E-state index in [-0.39, 0.29) is 11.8 Å². The molecule has 170 valence electrons. The molecule has 8 heteroatoms. The first-order chi connectivity index (χ1) is 15.1. The van der Waals surface area contributed by atoms with Crippen LogP contribution in [-0.2, 0) is 11.3 Å². The Morgan fingerprint density at radius 3 is 2.87 bits per heavy atom. The molecule has 3 unspecified atom stereocenters. The van der Waals surface area contributed by atoms with Gasteiger partial charge in [-0.25, -0.2) is 0 Å². The number of hydrogen-bond donors (Lipinski definition) is 1. The lowest BCUT2D eigenvalue weighted by Gasteiger charge is -2.35. The largest absolute Gasteiger partial charge is 0.356 e. The van der Waals surface area contributed by atoms with Gasteiger partial charge in [-0.2, -0.15) is 4.98 Å². The molecule has 31 heavy (non-hydrogen) atoms. The number of carbonyl (C=O) groups excluding carboxylic acids is 1. The van der Waals surface area contributed by atoms with Crippen molar-refractivity contribution in [1.82, 2.24) is 25.3 Å². The van der Waals surface area contributed by atoms with E-state index in [0.717, 1.165) is 62.2 Å². The number of rotatable bonds is 8. The van der Waals surface area contributed by atoms with Crippen molar-refractivity contribution in [3.63, 3.8) is 0 Å². The van der Waals surface area contributed by atoms with Crippen molar-refractivity contribution in [1.29, 1.82) is 0 Å². The minimum Gasteiger partial charge on any atom is -0.356 e. The number of piperidine rings is 2. The van der Waals surface area contributed by atoms with Crippen LogP contribution in [0.5, 0.6) is 0 Å². The van der Waals surface area contributed by atoms with Crippen LogP contribution in [0.1, 0.15) is 45.4 Å². The second kappa shape index (κ2) is 10.7. The second-order valence-electron chi connectivity index (χ2n) is 9.41. The molecule has 1 amide bonds. The van der Waals surface area contributed by atoms with Gasteiger partial charge in [0.1, 0.15) is 0 Å². The lowest BCUT2D eigenvalue weighted by molar-refractivity contribution is -0.126. The van der Waals surface area contributed by atoms with Gasteiger partial charge in [0.25, 0.3) is 0 Å². The second-order valence-corrected chi connectivity index (χ2v) is 10.4. The average molecular weight is 446 g/mol. The zero-order valence-corrected chi connectivity index (χ0v) is 19.6. The van der Waals surface area contributed by atoms with E-state index in [4.69, 9.17) is 4.52 Å². The quantitative estimate of drug-likeness (QED) is 0.627. The normalized spacial score (nSPS) is 25.5. The number of nitrogens with one attached hydrogen (secondary N) is 1. The highest BCUT2D eigenvalue weighted by atomic mass is 32.1. The predicted octanol–water partition coefficient (Wildman–Crippen LogP) is 3.49. The van der Waals surface area contributed by atoms with Gasteiger partial charge in [-0.3, -0.25) is 9.69 Å². The highest BCUT2D eigenvalue weighted by molar-refractivity contribution is 7.13. The zero-order valence-electron chi connectivity index (χ0n) is 18.8. The van der Waals surface area contributed by atoms with E-state index in [1.165, 1.54) is 19.5 Å². The zero-order chi connectivity index (χ0) is 21.6. The third-order valence-electron chi connectivity index (χ3n) is 6.34. The molecule has 7 nitrogen and oxygen atoms in total. The van der Waals surface area contributed by atoms with Gasteiger partial charge in [-0.15, -0.1) is 11.3 Å². The van der Waals surface area contributed by atoms with Gasteiger partial charge in [0.2, 0.25) is 17.6 Å². The van der Waals surface area contributed by atoms with Gasteiger partial charge in [0.05, 0.1) is 17.3 Å². The molecule has 1 N–H and O–H groups in total. The van der Waals surface area contributed by atoms with Crippen molar-refractivity contribution in [2.45, 2.75) is 46.1 Å². The molecular formula is C23H35N5O2S. The number of amides is 1. The molecular weight excluding hydrogens is 410 g/mol. The fourth-order valence-corrected chi connectivity index (χ4v) is 5.71. The summed E-state index contributed by atoms with van der Waals surface area (Å²) in [5.74, 6) is 3.07. The lowest BCUT2D eigenvalue weighted by atomic mass is 9.92. The summed E-state index contributed by atoms with van der Waals surface area (Å²) in [7, 11) is 0. The Labute approximate surface area is 189 Å². The van der Waals surface area contributed by atoms with Gasteiger partial charge in [0.15, 0.2) is 0 Å². The van der Waals surface area contributed by atoms with Crippen LogP contribution in [0, 0.1) is 17.8 Å². The van der Waals surface area contributed by atoms with Crippen LogP contribution in [-0.4, -0.2) is 65.1 Å². The molecule has 4 rings (SSSR count). The van der Waals surface area contributed by atoms with Crippen LogP contribution in [0.3, 0.4) is 0 Å². The number of nitrogens with zero attached hydrogens (tertiary/aromatic N) is 4. The topological polar surface area (TPSA) is 74.5 Å². The summed E-state index contributed by atoms with van der Waals surface area (Å²) < 4.78 is 5.44. The van der Waals surface area contributed by atoms with Gasteiger partial charge in [-0.05, 0) is 62.1 Å². The molecule has 2 aliphatic heterocycles. The van der Waals surface area contributed by atoms with Crippen LogP contribution in [0.15, 0.2) is 22.0 Å². The number of hydrogen-bond acceptors (Lipinski definition) is 7. The molecule has 2 aromatic heterocycles. The predicted molar refractivity (Wildman–Crippen MR) is 123 cm³/mol. The fourth-order valence-electron chi connectivity index (χ4n) is 5.06. The Hall–Kier alpha value is -1.77. The smallest absolute Gasteiger partial charge is 0.241 e. The third-order valence-corrected chi connectivity index (χ3v) is 7.21. The maximum absolute atomic E-state index is 12.7. The standard InChI is InChI=1S/C23H35N5O2S/c1-17-12-18(2)14-27(13-17)10-5-8-24-23(29)19-6-3-9-28(15-19)16-21-25-22(26-30-21)20-7-4-11-31-20/h4,7,11,17-19H,3,5-6,8-10,12-16H2,1-2H3,(H,24,29). The molecule has 3 atom stereocenters. The first-order valence-electron chi connectivity index (χ1n) is 11.7. The number of likely N-dealkylation sites (tertiary alicyclic amines) is 2. The van der Waals surface area contributed by atoms with E-state index >= 15 is 0 Å². The molecule has 0 bridgehead atoms. The monoisotopic (exact) mass is 445 g/mol. The minimum absolute atomic E-state index is 0.0449. The summed E-state index contributed by atoms with van der Waals surface area (Å²) in [5, 5.41) is 9.28. The summed E-state index contributed by atoms with van der Waals surface area (Å²) in [4.78, 5) is 23.1. The molecule has 0 spiro atoms. The van der Waals surface area contributed by atoms with Crippen molar-refractivity contribution >= 4 is 17.2 Å². The van der Waals surface area contributed by atoms with Crippen molar-refractivity contribution < 1.29 is 9.32 Å². The molecule has 0 radical (unpaired) electrons. The summed E-state index contributed by atoms with van der Waals surface area (Å²) in [6, 6.07) is 3.98. The third kappa shape index (κ3) is 6.37. The number of aromatic nitrogens is 2. The van der Waals surface area contributed by atoms with Gasteiger partial charge >= 0.3 is 0 Å². The molecule has 2 fully saturated rings. The Kier molecular flexibility index (Phi) is 7.74. The molecule has 0 aliphatic carbocycles. The van der Waals surface area contributed by atoms with Gasteiger partial charge in [0, 0.05) is 26.2 Å². The van der Waals surface area contributed by atoms with E-state index in [1.54, 1.807) is 11.3 Å². The number of carbonyl (C=O) groups is 1. The Balaban J connectivity index is 1.18. The summed E-state index contributed by atoms with van der Waals surface area (Å²) in [6.45, 7) is 11.2. The van der Waals surface area contributed by atoms with E-state index in [9.17, 15) is 4.79 Å². The summed E-state index contributed by atoms with van der Waals surface area (Å²) in [6.07, 6.45) is 4.33. The van der Waals surface area contributed by atoms with E-state index in [0.29, 0.717) is 18.3 Å². The highest BCUT2D eigenvalue weighted by Crippen LogP contribution is 2.23. The maximum Gasteiger partial charge on any atom is 0.241 e. The minimum atomic E-state index is 0.0449. The SMILES string of the molecule is CC1CC(C)CN(CCCNC(=O)C2CCCN(Cc3nc(-c4cccs4)no3)C2)C1. The first-order valence-corrected chi connectivity index (χ1v) is 12.5. The molecule has 0 saturated carbocycles. The molecule has 2 aliphatic rings. The maximum atomic E-state index is 12.7. The summed E-state index contributed by atoms with van der Waals surface area (Å²) in [5.41, 5.74) is 0. The molecule has 2 saturated heterocycles. The Bertz CT molecular complexity index is 814. The van der Waals surface area contributed by atoms with Crippen molar-refractivity contribution in [3.05, 3.63) is 23.4 Å². The molecule has 0 aromatic carbocycles. The number of thiophene rings is 1. The van der Waals surface area contributed by atoms with E-state index in [2.05, 4.69) is 39.1 Å². The van der Waals surface area contributed by atoms with Crippen molar-refractivity contribution in [2.24, 2.45) is 17.8 Å². The van der Waals surface area contributed by atoms with E-state index in [1.807, 2.05) is 17.5 Å². The highest BCUT2D eigenvalue weighted by Gasteiger charge is 2.27. The van der Waals surface area contributed by atoms with E-state index < -0.39 is 0 Å². The average Bonchev–Trinajstić information content (AvgIpc) is 3.42. The first kappa shape index (κ1) is 22.4. The van der Waals surface area contributed by atoms with Crippen LogP contribution < -0.4 is 5.32 Å². The molecule has 2 aromatic rings. The van der Waals surface area contributed by atoms with Crippen molar-refractivity contribution in [3.8, 4) is 10.7 Å². The van der Waals surface area contributed by atoms with Crippen LogP contribution >= 0.6 is 11.3 Å². The van der Waals surface area contributed by atoms with Crippen LogP contribution in [0.2, 0.25) is 0 Å².